The fourth-order valence-corrected chi connectivity index (χ4v) is 2.59. The van der Waals surface area contributed by atoms with Crippen LogP contribution in [0.5, 0.6) is 0 Å². The lowest BCUT2D eigenvalue weighted by molar-refractivity contribution is -0.144. The van der Waals surface area contributed by atoms with Crippen molar-refractivity contribution in [1.82, 2.24) is 10.3 Å². The van der Waals surface area contributed by atoms with Gasteiger partial charge in [0.1, 0.15) is 5.54 Å². The molecule has 2 aromatic rings. The molecule has 1 aromatic carbocycles. The lowest BCUT2D eigenvalue weighted by Crippen LogP contribution is -2.52. The summed E-state index contributed by atoms with van der Waals surface area (Å²) in [7, 11) is 0. The van der Waals surface area contributed by atoms with Crippen LogP contribution in [0.4, 0.5) is 0 Å². The van der Waals surface area contributed by atoms with Gasteiger partial charge in [0.2, 0.25) is 0 Å². The summed E-state index contributed by atoms with van der Waals surface area (Å²) in [6, 6.07) is 9.63. The first-order valence-electron chi connectivity index (χ1n) is 7.93. The van der Waals surface area contributed by atoms with Gasteiger partial charge in [-0.3, -0.25) is 9.78 Å². The number of benzene rings is 1. The summed E-state index contributed by atoms with van der Waals surface area (Å²) in [6.07, 6.45) is 4.15. The number of aliphatic carboxylic acids is 1. The Morgan fingerprint density at radius 3 is 2.58 bits per heavy atom. The number of carboxylic acid groups (broad SMARTS) is 1. The zero-order valence-electron chi connectivity index (χ0n) is 14.2. The van der Waals surface area contributed by atoms with Crippen molar-refractivity contribution in [3.05, 3.63) is 53.9 Å². The van der Waals surface area contributed by atoms with Gasteiger partial charge in [0.05, 0.1) is 5.56 Å². The van der Waals surface area contributed by atoms with Gasteiger partial charge >= 0.3 is 5.97 Å². The number of nitrogens with one attached hydrogen (secondary N) is 1. The second kappa shape index (κ2) is 7.25. The number of carbonyl (C=O) groups is 2. The topological polar surface area (TPSA) is 79.3 Å². The van der Waals surface area contributed by atoms with Crippen molar-refractivity contribution in [1.29, 1.82) is 0 Å². The van der Waals surface area contributed by atoms with Crippen LogP contribution in [0.2, 0.25) is 0 Å². The summed E-state index contributed by atoms with van der Waals surface area (Å²) >= 11 is 0. The van der Waals surface area contributed by atoms with E-state index < -0.39 is 17.4 Å². The quantitative estimate of drug-likeness (QED) is 0.852. The smallest absolute Gasteiger partial charge is 0.329 e. The Bertz CT molecular complexity index is 758. The molecule has 0 bridgehead atoms. The maximum Gasteiger partial charge on any atom is 0.329 e. The third-order valence-electron chi connectivity index (χ3n) is 3.96. The fourth-order valence-electron chi connectivity index (χ4n) is 2.59. The van der Waals surface area contributed by atoms with Gasteiger partial charge in [-0.25, -0.2) is 4.79 Å². The molecule has 2 rings (SSSR count). The Hall–Kier alpha value is -2.69. The minimum absolute atomic E-state index is 0.345. The number of hydrogen-bond acceptors (Lipinski definition) is 3. The monoisotopic (exact) mass is 326 g/mol. The van der Waals surface area contributed by atoms with E-state index >= 15 is 0 Å². The van der Waals surface area contributed by atoms with E-state index in [1.54, 1.807) is 12.3 Å². The van der Waals surface area contributed by atoms with Gasteiger partial charge in [-0.2, -0.15) is 0 Å². The van der Waals surface area contributed by atoms with E-state index in [-0.39, 0.29) is 0 Å². The molecule has 126 valence electrons. The second-order valence-corrected chi connectivity index (χ2v) is 6.17. The lowest BCUT2D eigenvalue weighted by Gasteiger charge is -2.25. The Morgan fingerprint density at radius 2 is 1.96 bits per heavy atom. The molecular weight excluding hydrogens is 304 g/mol. The standard InChI is InChI=1S/C19H22N2O3/c1-4-8-19(3,18(23)24)21-17(22)16-10-15(11-20-12-16)14-7-5-6-13(2)9-14/h5-7,9-12H,4,8H2,1-3H3,(H,21,22)(H,23,24). The van der Waals surface area contributed by atoms with Gasteiger partial charge in [0.25, 0.3) is 5.91 Å². The van der Waals surface area contributed by atoms with Crippen LogP contribution in [0.3, 0.4) is 0 Å². The van der Waals surface area contributed by atoms with Gasteiger partial charge in [-0.15, -0.1) is 0 Å². The maximum atomic E-state index is 12.5. The van der Waals surface area contributed by atoms with Crippen molar-refractivity contribution >= 4 is 11.9 Å². The molecule has 0 aliphatic heterocycles. The molecule has 5 heteroatoms. The normalized spacial score (nSPS) is 13.1. The minimum atomic E-state index is -1.29. The highest BCUT2D eigenvalue weighted by Crippen LogP contribution is 2.21. The molecular formula is C19H22N2O3. The van der Waals surface area contributed by atoms with E-state index in [1.807, 2.05) is 38.1 Å². The number of carbonyl (C=O) groups excluding carboxylic acids is 1. The number of aryl methyl sites for hydroxylation is 1. The highest BCUT2D eigenvalue weighted by atomic mass is 16.4. The van der Waals surface area contributed by atoms with Crippen LogP contribution in [0.15, 0.2) is 42.7 Å². The molecule has 5 nitrogen and oxygen atoms in total. The molecule has 1 amide bonds. The molecule has 0 spiro atoms. The van der Waals surface area contributed by atoms with Crippen molar-refractivity contribution in [3.8, 4) is 11.1 Å². The predicted octanol–water partition coefficient (Wildman–Crippen LogP) is 3.43. The molecule has 0 saturated heterocycles. The second-order valence-electron chi connectivity index (χ2n) is 6.17. The summed E-state index contributed by atoms with van der Waals surface area (Å²) in [5, 5.41) is 12.0. The number of rotatable bonds is 6. The number of aromatic nitrogens is 1. The van der Waals surface area contributed by atoms with Crippen molar-refractivity contribution in [3.63, 3.8) is 0 Å². The molecule has 1 unspecified atom stereocenters. The number of hydrogen-bond donors (Lipinski definition) is 2. The van der Waals surface area contributed by atoms with E-state index in [0.29, 0.717) is 18.4 Å². The molecule has 0 radical (unpaired) electrons. The lowest BCUT2D eigenvalue weighted by atomic mass is 9.95. The summed E-state index contributed by atoms with van der Waals surface area (Å²) in [5.41, 5.74) is 1.96. The molecule has 0 aliphatic rings. The summed E-state index contributed by atoms with van der Waals surface area (Å²) in [5.74, 6) is -1.48. The molecule has 0 fully saturated rings. The van der Waals surface area contributed by atoms with Gasteiger partial charge < -0.3 is 10.4 Å². The van der Waals surface area contributed by atoms with E-state index in [0.717, 1.165) is 16.7 Å². The Morgan fingerprint density at radius 1 is 1.21 bits per heavy atom. The molecule has 0 saturated carbocycles. The van der Waals surface area contributed by atoms with Crippen LogP contribution < -0.4 is 5.32 Å². The van der Waals surface area contributed by atoms with Crippen LogP contribution in [0.1, 0.15) is 42.6 Å². The number of nitrogens with zero attached hydrogens (tertiary/aromatic N) is 1. The largest absolute Gasteiger partial charge is 0.480 e. The van der Waals surface area contributed by atoms with Crippen LogP contribution in [-0.2, 0) is 4.79 Å². The van der Waals surface area contributed by atoms with Gasteiger partial charge in [0.15, 0.2) is 0 Å². The first kappa shape index (κ1) is 17.7. The number of amides is 1. The highest BCUT2D eigenvalue weighted by molar-refractivity contribution is 5.98. The van der Waals surface area contributed by atoms with Gasteiger partial charge in [-0.1, -0.05) is 43.2 Å². The average molecular weight is 326 g/mol. The molecule has 1 aromatic heterocycles. The average Bonchev–Trinajstić information content (AvgIpc) is 2.55. The first-order valence-corrected chi connectivity index (χ1v) is 7.93. The third kappa shape index (κ3) is 3.98. The van der Waals surface area contributed by atoms with E-state index in [4.69, 9.17) is 0 Å². The van der Waals surface area contributed by atoms with E-state index in [9.17, 15) is 14.7 Å². The fraction of sp³-hybridized carbons (Fsp3) is 0.316. The highest BCUT2D eigenvalue weighted by Gasteiger charge is 2.34. The molecule has 2 N–H and O–H groups in total. The van der Waals surface area contributed by atoms with Crippen LogP contribution in [0, 0.1) is 6.92 Å². The summed E-state index contributed by atoms with van der Waals surface area (Å²) in [6.45, 7) is 5.40. The van der Waals surface area contributed by atoms with Crippen molar-refractivity contribution in [2.45, 2.75) is 39.2 Å². The summed E-state index contributed by atoms with van der Waals surface area (Å²) < 4.78 is 0. The molecule has 24 heavy (non-hydrogen) atoms. The van der Waals surface area contributed by atoms with Crippen molar-refractivity contribution < 1.29 is 14.7 Å². The van der Waals surface area contributed by atoms with Crippen molar-refractivity contribution in [2.24, 2.45) is 0 Å². The van der Waals surface area contributed by atoms with Crippen LogP contribution in [0.25, 0.3) is 11.1 Å². The third-order valence-corrected chi connectivity index (χ3v) is 3.96. The molecule has 1 atom stereocenters. The molecule has 0 aliphatic carbocycles. The summed E-state index contributed by atoms with van der Waals surface area (Å²) in [4.78, 5) is 28.1. The number of pyridine rings is 1. The Kier molecular flexibility index (Phi) is 5.34. The SMILES string of the molecule is CCCC(C)(NC(=O)c1cncc(-c2cccc(C)c2)c1)C(=O)O. The zero-order valence-corrected chi connectivity index (χ0v) is 14.2. The van der Waals surface area contributed by atoms with Gasteiger partial charge in [-0.05, 0) is 31.9 Å². The van der Waals surface area contributed by atoms with Crippen LogP contribution >= 0.6 is 0 Å². The predicted molar refractivity (Wildman–Crippen MR) is 92.8 cm³/mol. The van der Waals surface area contributed by atoms with Gasteiger partial charge in [0, 0.05) is 18.0 Å². The molecule has 1 heterocycles. The first-order chi connectivity index (χ1) is 11.4. The Labute approximate surface area is 141 Å². The minimum Gasteiger partial charge on any atom is -0.480 e. The van der Waals surface area contributed by atoms with Crippen molar-refractivity contribution in [2.75, 3.05) is 0 Å². The van der Waals surface area contributed by atoms with E-state index in [1.165, 1.54) is 13.1 Å². The number of carboxylic acids is 1. The zero-order chi connectivity index (χ0) is 17.7. The maximum absolute atomic E-state index is 12.5. The van der Waals surface area contributed by atoms with E-state index in [2.05, 4.69) is 10.3 Å². The van der Waals surface area contributed by atoms with Crippen LogP contribution in [-0.4, -0.2) is 27.5 Å². The Balaban J connectivity index is 2.28.